The Morgan fingerprint density at radius 3 is 2.75 bits per heavy atom. The third-order valence-corrected chi connectivity index (χ3v) is 2.56. The molecule has 0 aliphatic rings. The zero-order valence-corrected chi connectivity index (χ0v) is 8.73. The predicted octanol–water partition coefficient (Wildman–Crippen LogP) is 2.65. The summed E-state index contributed by atoms with van der Waals surface area (Å²) in [6.07, 6.45) is 0. The van der Waals surface area contributed by atoms with E-state index in [-0.39, 0.29) is 5.43 Å². The second kappa shape index (κ2) is 3.17. The number of aryl methyl sites for hydroxylation is 1. The molecule has 3 aromatic rings. The highest BCUT2D eigenvalue weighted by Crippen LogP contribution is 2.16. The highest BCUT2D eigenvalue weighted by Gasteiger charge is 2.07. The first-order valence-corrected chi connectivity index (χ1v) is 5.05. The molecule has 3 heteroatoms. The minimum absolute atomic E-state index is 0.0689. The van der Waals surface area contributed by atoms with Crippen LogP contribution in [-0.4, -0.2) is 4.98 Å². The van der Waals surface area contributed by atoms with Gasteiger partial charge in [-0.25, -0.2) is 4.98 Å². The molecule has 0 fully saturated rings. The fourth-order valence-electron chi connectivity index (χ4n) is 1.78. The van der Waals surface area contributed by atoms with E-state index in [4.69, 9.17) is 4.42 Å². The van der Waals surface area contributed by atoms with Crippen molar-refractivity contribution in [3.05, 3.63) is 52.3 Å². The second-order valence-corrected chi connectivity index (χ2v) is 3.73. The number of hydrogen-bond donors (Lipinski definition) is 0. The zero-order valence-electron chi connectivity index (χ0n) is 8.73. The van der Waals surface area contributed by atoms with Gasteiger partial charge in [0, 0.05) is 5.69 Å². The van der Waals surface area contributed by atoms with E-state index in [1.54, 1.807) is 18.2 Å². The first kappa shape index (κ1) is 9.09. The molecule has 78 valence electrons. The SMILES string of the molecule is Cc1ccc2oc3ccccc3c(=O)c2n1. The van der Waals surface area contributed by atoms with Crippen LogP contribution in [0.15, 0.2) is 45.6 Å². The minimum Gasteiger partial charge on any atom is -0.454 e. The van der Waals surface area contributed by atoms with E-state index in [2.05, 4.69) is 4.98 Å². The third-order valence-electron chi connectivity index (χ3n) is 2.56. The van der Waals surface area contributed by atoms with Crippen LogP contribution in [0.3, 0.4) is 0 Å². The monoisotopic (exact) mass is 211 g/mol. The molecule has 16 heavy (non-hydrogen) atoms. The van der Waals surface area contributed by atoms with Gasteiger partial charge in [0.05, 0.1) is 5.39 Å². The molecule has 3 nitrogen and oxygen atoms in total. The summed E-state index contributed by atoms with van der Waals surface area (Å²) in [5, 5.41) is 0.577. The van der Waals surface area contributed by atoms with E-state index in [1.165, 1.54) is 0 Å². The van der Waals surface area contributed by atoms with Crippen molar-refractivity contribution in [2.24, 2.45) is 0 Å². The standard InChI is InChI=1S/C13H9NO2/c1-8-6-7-11-12(14-8)13(15)9-4-2-3-5-10(9)16-11/h2-7H,1H3. The molecule has 0 unspecified atom stereocenters. The van der Waals surface area contributed by atoms with E-state index in [0.717, 1.165) is 5.69 Å². The number of fused-ring (bicyclic) bond motifs is 2. The van der Waals surface area contributed by atoms with Crippen LogP contribution in [0.25, 0.3) is 22.1 Å². The summed E-state index contributed by atoms with van der Waals surface area (Å²) < 4.78 is 5.62. The maximum absolute atomic E-state index is 12.1. The Morgan fingerprint density at radius 2 is 1.88 bits per heavy atom. The van der Waals surface area contributed by atoms with Gasteiger partial charge in [-0.05, 0) is 31.2 Å². The van der Waals surface area contributed by atoms with Crippen molar-refractivity contribution in [3.8, 4) is 0 Å². The van der Waals surface area contributed by atoms with Crippen LogP contribution in [0.2, 0.25) is 0 Å². The molecule has 0 amide bonds. The first-order chi connectivity index (χ1) is 7.75. The van der Waals surface area contributed by atoms with Gasteiger partial charge in [0.1, 0.15) is 5.58 Å². The van der Waals surface area contributed by atoms with Crippen molar-refractivity contribution in [1.82, 2.24) is 4.98 Å². The van der Waals surface area contributed by atoms with Crippen LogP contribution in [0.4, 0.5) is 0 Å². The summed E-state index contributed by atoms with van der Waals surface area (Å²) in [5.74, 6) is 0. The summed E-state index contributed by atoms with van der Waals surface area (Å²) in [5.41, 5.74) is 2.29. The summed E-state index contributed by atoms with van der Waals surface area (Å²) in [7, 11) is 0. The van der Waals surface area contributed by atoms with Crippen molar-refractivity contribution in [2.45, 2.75) is 6.92 Å². The lowest BCUT2D eigenvalue weighted by molar-refractivity contribution is 0.658. The van der Waals surface area contributed by atoms with E-state index in [1.807, 2.05) is 25.1 Å². The largest absolute Gasteiger partial charge is 0.454 e. The van der Waals surface area contributed by atoms with E-state index in [0.29, 0.717) is 22.1 Å². The van der Waals surface area contributed by atoms with Crippen LogP contribution in [0.5, 0.6) is 0 Å². The molecule has 2 heterocycles. The Hall–Kier alpha value is -2.16. The van der Waals surface area contributed by atoms with Crippen molar-refractivity contribution >= 4 is 22.1 Å². The summed E-state index contributed by atoms with van der Waals surface area (Å²) in [6, 6.07) is 10.8. The number of pyridine rings is 1. The topological polar surface area (TPSA) is 43.1 Å². The molecule has 0 N–H and O–H groups in total. The molecular weight excluding hydrogens is 202 g/mol. The highest BCUT2D eigenvalue weighted by atomic mass is 16.3. The molecule has 0 radical (unpaired) electrons. The first-order valence-electron chi connectivity index (χ1n) is 5.05. The lowest BCUT2D eigenvalue weighted by Gasteiger charge is -2.00. The number of hydrogen-bond acceptors (Lipinski definition) is 3. The zero-order chi connectivity index (χ0) is 11.1. The Balaban J connectivity index is 2.61. The van der Waals surface area contributed by atoms with Crippen molar-refractivity contribution < 1.29 is 4.42 Å². The highest BCUT2D eigenvalue weighted by molar-refractivity contribution is 5.87. The number of para-hydroxylation sites is 1. The summed E-state index contributed by atoms with van der Waals surface area (Å²) in [4.78, 5) is 16.3. The number of benzene rings is 1. The number of rotatable bonds is 0. The van der Waals surface area contributed by atoms with Gasteiger partial charge in [-0.1, -0.05) is 12.1 Å². The van der Waals surface area contributed by atoms with Gasteiger partial charge in [0.2, 0.25) is 5.43 Å². The number of aromatic nitrogens is 1. The Morgan fingerprint density at radius 1 is 1.06 bits per heavy atom. The maximum Gasteiger partial charge on any atom is 0.218 e. The second-order valence-electron chi connectivity index (χ2n) is 3.73. The minimum atomic E-state index is -0.0689. The normalized spacial score (nSPS) is 11.1. The summed E-state index contributed by atoms with van der Waals surface area (Å²) >= 11 is 0. The average molecular weight is 211 g/mol. The Kier molecular flexibility index (Phi) is 1.80. The van der Waals surface area contributed by atoms with Crippen LogP contribution >= 0.6 is 0 Å². The van der Waals surface area contributed by atoms with Crippen LogP contribution in [0, 0.1) is 6.92 Å². The van der Waals surface area contributed by atoms with Crippen molar-refractivity contribution in [3.63, 3.8) is 0 Å². The molecule has 0 saturated heterocycles. The van der Waals surface area contributed by atoms with Crippen molar-refractivity contribution in [1.29, 1.82) is 0 Å². The predicted molar refractivity (Wildman–Crippen MR) is 62.5 cm³/mol. The number of nitrogens with zero attached hydrogens (tertiary/aromatic N) is 1. The average Bonchev–Trinajstić information content (AvgIpc) is 2.31. The van der Waals surface area contributed by atoms with Gasteiger partial charge in [0.25, 0.3) is 0 Å². The molecule has 0 saturated carbocycles. The van der Waals surface area contributed by atoms with Crippen LogP contribution in [0.1, 0.15) is 5.69 Å². The van der Waals surface area contributed by atoms with Crippen molar-refractivity contribution in [2.75, 3.05) is 0 Å². The lowest BCUT2D eigenvalue weighted by Crippen LogP contribution is -2.04. The molecule has 0 atom stereocenters. The molecule has 0 spiro atoms. The Bertz CT molecular complexity index is 744. The van der Waals surface area contributed by atoms with Crippen LogP contribution < -0.4 is 5.43 Å². The Labute approximate surface area is 91.3 Å². The molecule has 0 aliphatic carbocycles. The summed E-state index contributed by atoms with van der Waals surface area (Å²) in [6.45, 7) is 1.86. The lowest BCUT2D eigenvalue weighted by atomic mass is 10.2. The third kappa shape index (κ3) is 1.21. The molecule has 3 rings (SSSR count). The molecule has 0 aliphatic heterocycles. The van der Waals surface area contributed by atoms with E-state index < -0.39 is 0 Å². The fourth-order valence-corrected chi connectivity index (χ4v) is 1.78. The quantitative estimate of drug-likeness (QED) is 0.537. The fraction of sp³-hybridized carbons (Fsp3) is 0.0769. The molecule has 0 bridgehead atoms. The molecule has 1 aromatic carbocycles. The van der Waals surface area contributed by atoms with Gasteiger partial charge in [-0.3, -0.25) is 4.79 Å². The maximum atomic E-state index is 12.1. The van der Waals surface area contributed by atoms with E-state index in [9.17, 15) is 4.79 Å². The molecule has 2 aromatic heterocycles. The molecular formula is C13H9NO2. The van der Waals surface area contributed by atoms with E-state index >= 15 is 0 Å². The van der Waals surface area contributed by atoms with Crippen LogP contribution in [-0.2, 0) is 0 Å². The van der Waals surface area contributed by atoms with Gasteiger partial charge in [-0.2, -0.15) is 0 Å². The van der Waals surface area contributed by atoms with Gasteiger partial charge >= 0.3 is 0 Å². The van der Waals surface area contributed by atoms with Gasteiger partial charge < -0.3 is 4.42 Å². The van der Waals surface area contributed by atoms with Gasteiger partial charge in [0.15, 0.2) is 11.1 Å². The smallest absolute Gasteiger partial charge is 0.218 e. The van der Waals surface area contributed by atoms with Gasteiger partial charge in [-0.15, -0.1) is 0 Å².